The molecule has 0 saturated carbocycles. The summed E-state index contributed by atoms with van der Waals surface area (Å²) in [7, 11) is 0. The summed E-state index contributed by atoms with van der Waals surface area (Å²) in [6, 6.07) is 83.9. The van der Waals surface area contributed by atoms with E-state index in [-0.39, 0.29) is 0 Å². The smallest absolute Gasteiger partial charge is 0.161 e. The molecule has 0 spiro atoms. The Kier molecular flexibility index (Phi) is 42.2. The van der Waals surface area contributed by atoms with Crippen LogP contribution in [-0.2, 0) is 14.2 Å². The second-order valence-electron chi connectivity index (χ2n) is 28.6. The summed E-state index contributed by atoms with van der Waals surface area (Å²) in [5, 5.41) is 0. The van der Waals surface area contributed by atoms with Crippen molar-refractivity contribution in [2.24, 2.45) is 0 Å². The molecule has 4 aliphatic heterocycles. The van der Waals surface area contributed by atoms with Gasteiger partial charge in [-0.05, 0) is 185 Å². The Morgan fingerprint density at radius 3 is 0.297 bits per heavy atom. The zero-order valence-electron chi connectivity index (χ0n) is 72.8. The van der Waals surface area contributed by atoms with E-state index in [4.69, 9.17) is 118 Å². The largest absolute Gasteiger partial charge is 0.490 e. The van der Waals surface area contributed by atoms with E-state index in [9.17, 15) is 0 Å². The first kappa shape index (κ1) is 94.0. The van der Waals surface area contributed by atoms with E-state index in [1.807, 2.05) is 267 Å². The van der Waals surface area contributed by atoms with Crippen LogP contribution in [0.1, 0.15) is 57.8 Å². The van der Waals surface area contributed by atoms with Crippen LogP contribution in [0.25, 0.3) is 0 Å². The van der Waals surface area contributed by atoms with Crippen molar-refractivity contribution >= 4 is 0 Å². The van der Waals surface area contributed by atoms with E-state index in [1.165, 1.54) is 0 Å². The number of hydrogen-bond acceptors (Lipinski definition) is 25. The van der Waals surface area contributed by atoms with Crippen LogP contribution >= 0.6 is 0 Å². The lowest BCUT2D eigenvalue weighted by molar-refractivity contribution is 0.0743. The minimum absolute atomic E-state index is 0.360. The maximum absolute atomic E-state index is 5.94. The molecule has 0 aromatic heterocycles. The topological polar surface area (TPSA) is 231 Å². The maximum Gasteiger partial charge on any atom is 0.161 e. The van der Waals surface area contributed by atoms with Crippen LogP contribution in [0.15, 0.2) is 267 Å². The zero-order chi connectivity index (χ0) is 87.7. The fraction of sp³-hybridized carbons (Fsp3) is 0.359. The van der Waals surface area contributed by atoms with E-state index in [0.717, 1.165) is 107 Å². The fourth-order valence-corrected chi connectivity index (χ4v) is 12.8. The molecule has 0 bridgehead atoms. The minimum Gasteiger partial charge on any atom is -0.490 e. The third-order valence-electron chi connectivity index (χ3n) is 19.1. The highest BCUT2D eigenvalue weighted by atomic mass is 16.6. The maximum atomic E-state index is 5.94. The molecule has 0 N–H and O–H groups in total. The molecule has 680 valence electrons. The van der Waals surface area contributed by atoms with E-state index >= 15 is 0 Å². The Hall–Kier alpha value is -13.1. The van der Waals surface area contributed by atoms with Crippen molar-refractivity contribution in [2.45, 2.75) is 57.8 Å². The molecule has 15 rings (SSSR count). The van der Waals surface area contributed by atoms with Crippen LogP contribution in [0, 0.1) is 0 Å². The average Bonchev–Trinajstić information content (AvgIpc) is 1.04. The van der Waals surface area contributed by atoms with Gasteiger partial charge in [-0.2, -0.15) is 0 Å². The van der Waals surface area contributed by atoms with Crippen LogP contribution in [0.4, 0.5) is 0 Å². The monoisotopic (exact) mass is 1750 g/mol. The number of fused-ring (bicyclic) bond motifs is 11. The first-order valence-corrected chi connectivity index (χ1v) is 44.2. The van der Waals surface area contributed by atoms with Crippen molar-refractivity contribution in [1.29, 1.82) is 0 Å². The van der Waals surface area contributed by atoms with Gasteiger partial charge in [0.05, 0.1) is 52.9 Å². The van der Waals surface area contributed by atoms with Crippen molar-refractivity contribution in [3.63, 3.8) is 0 Å². The molecular weight excluding hydrogens is 1640 g/mol. The van der Waals surface area contributed by atoms with Gasteiger partial charge in [-0.25, -0.2) is 0 Å². The van der Waals surface area contributed by atoms with Gasteiger partial charge in [0.15, 0.2) is 126 Å². The Bertz CT molecular complexity index is 4400. The Morgan fingerprint density at radius 1 is 0.0859 bits per heavy atom. The summed E-state index contributed by atoms with van der Waals surface area (Å²) < 4.78 is 146. The van der Waals surface area contributed by atoms with Crippen LogP contribution in [-0.4, -0.2) is 185 Å². The highest BCUT2D eigenvalue weighted by molar-refractivity contribution is 5.47. The first-order valence-electron chi connectivity index (χ1n) is 44.2. The minimum atomic E-state index is 0.360. The second kappa shape index (κ2) is 57.5. The Balaban J connectivity index is 0.000000155. The predicted octanol–water partition coefficient (Wildman–Crippen LogP) is 19.6. The second-order valence-corrected chi connectivity index (χ2v) is 28.6. The van der Waals surface area contributed by atoms with E-state index < -0.39 is 0 Å². The van der Waals surface area contributed by atoms with Crippen molar-refractivity contribution in [2.75, 3.05) is 185 Å². The molecule has 11 aromatic rings. The molecule has 0 amide bonds. The molecule has 4 aliphatic rings. The predicted molar refractivity (Wildman–Crippen MR) is 486 cm³/mol. The van der Waals surface area contributed by atoms with Crippen LogP contribution in [0.2, 0.25) is 0 Å². The van der Waals surface area contributed by atoms with E-state index in [1.54, 1.807) is 0 Å². The third kappa shape index (κ3) is 34.3. The van der Waals surface area contributed by atoms with Gasteiger partial charge in [-0.1, -0.05) is 133 Å². The van der Waals surface area contributed by atoms with Crippen LogP contribution in [0.3, 0.4) is 0 Å². The van der Waals surface area contributed by atoms with Gasteiger partial charge in [-0.3, -0.25) is 0 Å². The highest BCUT2D eigenvalue weighted by Gasteiger charge is 2.17. The summed E-state index contributed by atoms with van der Waals surface area (Å²) in [4.78, 5) is 0. The fourth-order valence-electron chi connectivity index (χ4n) is 12.8. The summed E-state index contributed by atoms with van der Waals surface area (Å²) in [6.07, 6.45) is 8.43. The molecule has 0 radical (unpaired) electrons. The number of rotatable bonds is 0. The Labute approximate surface area is 750 Å². The molecule has 128 heavy (non-hydrogen) atoms. The summed E-state index contributed by atoms with van der Waals surface area (Å²) in [6.45, 7) is 13.6. The highest BCUT2D eigenvalue weighted by Crippen LogP contribution is 2.36. The SMILES string of the molecule is c1ccc2c(c1)OCCCCOCCCCOc1ccccc1OCCCCOCCCCO2.c1ccc2c(c1)OCCCOc1ccccc1OCCOc1ccccc1OCCO2.c1ccc2c(c1)OCCOCCOc1ccccc1OCCOc1ccccc1OCCO2.c1ccc2c(c1)OCCOc1ccccc1OCCOc1ccccc1OCCO2. The molecule has 0 saturated heterocycles. The van der Waals surface area contributed by atoms with Gasteiger partial charge in [0, 0.05) is 32.8 Å². The summed E-state index contributed by atoms with van der Waals surface area (Å²) in [5.74, 6) is 15.3. The molecule has 4 heterocycles. The number of hydrogen-bond donors (Lipinski definition) is 0. The Morgan fingerprint density at radius 2 is 0.172 bits per heavy atom. The molecular formula is C103H118O25. The summed E-state index contributed by atoms with van der Waals surface area (Å²) in [5.41, 5.74) is 0. The van der Waals surface area contributed by atoms with Crippen molar-refractivity contribution < 1.29 is 118 Å². The first-order chi connectivity index (χ1) is 63.6. The molecule has 25 nitrogen and oxygen atoms in total. The number of para-hydroxylation sites is 22. The van der Waals surface area contributed by atoms with Crippen molar-refractivity contribution in [3.8, 4) is 126 Å². The van der Waals surface area contributed by atoms with E-state index in [0.29, 0.717) is 262 Å². The normalized spacial score (nSPS) is 16.1. The summed E-state index contributed by atoms with van der Waals surface area (Å²) >= 11 is 0. The zero-order valence-corrected chi connectivity index (χ0v) is 72.8. The van der Waals surface area contributed by atoms with Gasteiger partial charge in [0.25, 0.3) is 0 Å². The molecule has 0 aliphatic carbocycles. The lowest BCUT2D eigenvalue weighted by Gasteiger charge is -2.17. The van der Waals surface area contributed by atoms with Crippen LogP contribution < -0.4 is 104 Å². The molecule has 25 heteroatoms. The number of ether oxygens (including phenoxy) is 25. The molecule has 0 unspecified atom stereocenters. The molecule has 0 atom stereocenters. The van der Waals surface area contributed by atoms with Crippen LogP contribution in [0.5, 0.6) is 126 Å². The van der Waals surface area contributed by atoms with Gasteiger partial charge in [0.2, 0.25) is 0 Å². The van der Waals surface area contributed by atoms with Gasteiger partial charge in [0.1, 0.15) is 106 Å². The quantitative estimate of drug-likeness (QED) is 0.137. The third-order valence-corrected chi connectivity index (χ3v) is 19.1. The lowest BCUT2D eigenvalue weighted by atomic mass is 10.3. The van der Waals surface area contributed by atoms with Crippen molar-refractivity contribution in [1.82, 2.24) is 0 Å². The standard InChI is InChI=1S/C28H40O6.C26H28O7.C25H26O6.C24H24O6/c1-2-14-26-25(13-1)31-21-9-5-17-29-19-7-11-23-33-27-15-3-4-16-28(27)34-24-12-8-20-30-18-6-10-22-32-26;1-3-9-23-21(7-1)28-15-13-27-14-16-29-22-8-2-4-10-24(22)31-18-20-33-26-12-6-5-11-25(26)32-19-17-30-23;1-3-10-22-20(8-1)26-14-7-15-27-21-9-2-4-11-23(21)29-17-19-31-25-13-6-5-12-24(25)30-18-16-28-22;1-2-8-20-19(7-1)25-13-14-27-21-9-3-4-10-22(21)29-17-18-30-24-12-6-5-11-23(24)28-16-15-26-20/h1-4,13-16H,5-12,17-24H2;1-12H,13-20H2;1-6,8-13H,7,14-19H2;1-12H,13-18H2. The van der Waals surface area contributed by atoms with Gasteiger partial charge in [-0.15, -0.1) is 0 Å². The van der Waals surface area contributed by atoms with Crippen molar-refractivity contribution in [3.05, 3.63) is 267 Å². The van der Waals surface area contributed by atoms with Gasteiger partial charge < -0.3 is 118 Å². The average molecular weight is 1760 g/mol. The molecule has 11 aromatic carbocycles. The van der Waals surface area contributed by atoms with E-state index in [2.05, 4.69) is 0 Å². The van der Waals surface area contributed by atoms with Gasteiger partial charge >= 0.3 is 0 Å². The molecule has 0 fully saturated rings. The number of benzene rings is 11. The lowest BCUT2D eigenvalue weighted by Crippen LogP contribution is -2.14.